The number of aliphatic imine (C=N–C) groups is 1. The zero-order chi connectivity index (χ0) is 16.2. The summed E-state index contributed by atoms with van der Waals surface area (Å²) in [6.45, 7) is 9.31. The fourth-order valence-corrected chi connectivity index (χ4v) is 2.74. The van der Waals surface area contributed by atoms with Crippen molar-refractivity contribution in [1.29, 1.82) is 0 Å². The van der Waals surface area contributed by atoms with Crippen LogP contribution in [0.25, 0.3) is 0 Å². The molecule has 2 rings (SSSR count). The number of rotatable bonds is 4. The molecular formula is C17H27FIN3O. The van der Waals surface area contributed by atoms with Gasteiger partial charge in [0.1, 0.15) is 11.9 Å². The lowest BCUT2D eigenvalue weighted by molar-refractivity contribution is 0.181. The van der Waals surface area contributed by atoms with Gasteiger partial charge >= 0.3 is 0 Å². The quantitative estimate of drug-likeness (QED) is 0.434. The van der Waals surface area contributed by atoms with Gasteiger partial charge in [-0.15, -0.1) is 24.0 Å². The number of likely N-dealkylation sites (tertiary alicyclic amines) is 1. The minimum atomic E-state index is -0.925. The fraction of sp³-hybridized carbons (Fsp3) is 0.588. The summed E-state index contributed by atoms with van der Waals surface area (Å²) in [5.41, 5.74) is 0.573. The number of aliphatic hydroxyl groups excluding tert-OH is 1. The number of guanidine groups is 1. The van der Waals surface area contributed by atoms with Crippen molar-refractivity contribution in [2.45, 2.75) is 33.3 Å². The molecule has 1 aliphatic rings. The van der Waals surface area contributed by atoms with Crippen LogP contribution >= 0.6 is 24.0 Å². The van der Waals surface area contributed by atoms with Gasteiger partial charge in [0.25, 0.3) is 0 Å². The first kappa shape index (κ1) is 20.2. The predicted octanol–water partition coefficient (Wildman–Crippen LogP) is 3.17. The summed E-state index contributed by atoms with van der Waals surface area (Å²) in [4.78, 5) is 6.70. The lowest BCUT2D eigenvalue weighted by Crippen LogP contribution is -2.41. The van der Waals surface area contributed by atoms with E-state index in [1.54, 1.807) is 18.2 Å². The van der Waals surface area contributed by atoms with Gasteiger partial charge in [-0.1, -0.05) is 32.0 Å². The van der Waals surface area contributed by atoms with Gasteiger partial charge in [0.2, 0.25) is 0 Å². The molecule has 0 bridgehead atoms. The Hall–Kier alpha value is -0.890. The molecule has 1 unspecified atom stereocenters. The molecular weight excluding hydrogens is 408 g/mol. The van der Waals surface area contributed by atoms with Gasteiger partial charge in [-0.2, -0.15) is 0 Å². The highest BCUT2D eigenvalue weighted by Gasteiger charge is 2.31. The van der Waals surface area contributed by atoms with Gasteiger partial charge in [-0.05, 0) is 24.8 Å². The third-order valence-electron chi connectivity index (χ3n) is 3.99. The average molecular weight is 435 g/mol. The minimum absolute atomic E-state index is 0. The maximum Gasteiger partial charge on any atom is 0.194 e. The van der Waals surface area contributed by atoms with E-state index in [0.717, 1.165) is 32.0 Å². The Morgan fingerprint density at radius 2 is 2.13 bits per heavy atom. The molecule has 2 N–H and O–H groups in total. The third kappa shape index (κ3) is 5.60. The molecule has 1 saturated heterocycles. The van der Waals surface area contributed by atoms with E-state index in [1.165, 1.54) is 6.07 Å². The van der Waals surface area contributed by atoms with E-state index in [-0.39, 0.29) is 35.9 Å². The van der Waals surface area contributed by atoms with E-state index in [9.17, 15) is 9.50 Å². The zero-order valence-corrected chi connectivity index (χ0v) is 16.4. The van der Waals surface area contributed by atoms with E-state index in [2.05, 4.69) is 29.1 Å². The molecule has 4 nitrogen and oxygen atoms in total. The molecule has 0 saturated carbocycles. The Morgan fingerprint density at radius 3 is 2.70 bits per heavy atom. The molecule has 6 heteroatoms. The van der Waals surface area contributed by atoms with Gasteiger partial charge in [-0.3, -0.25) is 4.99 Å². The molecule has 1 fully saturated rings. The lowest BCUT2D eigenvalue weighted by atomic mass is 9.93. The van der Waals surface area contributed by atoms with Gasteiger partial charge in [0.05, 0.1) is 6.54 Å². The van der Waals surface area contributed by atoms with Crippen molar-refractivity contribution < 1.29 is 9.50 Å². The Bertz CT molecular complexity index is 536. The van der Waals surface area contributed by atoms with E-state index >= 15 is 0 Å². The van der Waals surface area contributed by atoms with Crippen LogP contribution in [0.2, 0.25) is 0 Å². The number of aliphatic hydroxyl groups is 1. The first-order valence-electron chi connectivity index (χ1n) is 7.89. The Kier molecular flexibility index (Phi) is 7.73. The van der Waals surface area contributed by atoms with E-state index in [0.29, 0.717) is 5.56 Å². The van der Waals surface area contributed by atoms with Crippen LogP contribution in [-0.2, 0) is 0 Å². The molecule has 23 heavy (non-hydrogen) atoms. The van der Waals surface area contributed by atoms with Crippen molar-refractivity contribution in [2.24, 2.45) is 10.4 Å². The molecule has 0 amide bonds. The minimum Gasteiger partial charge on any atom is -0.386 e. The number of hydrogen-bond acceptors (Lipinski definition) is 2. The molecule has 0 spiro atoms. The average Bonchev–Trinajstić information content (AvgIpc) is 2.83. The second-order valence-electron chi connectivity index (χ2n) is 6.57. The topological polar surface area (TPSA) is 47.9 Å². The summed E-state index contributed by atoms with van der Waals surface area (Å²) >= 11 is 0. The predicted molar refractivity (Wildman–Crippen MR) is 103 cm³/mol. The van der Waals surface area contributed by atoms with Crippen molar-refractivity contribution in [3.05, 3.63) is 35.6 Å². The highest BCUT2D eigenvalue weighted by molar-refractivity contribution is 14.0. The van der Waals surface area contributed by atoms with Crippen LogP contribution in [0.15, 0.2) is 29.3 Å². The first-order valence-corrected chi connectivity index (χ1v) is 7.89. The normalized spacial score (nSPS) is 18.5. The maximum atomic E-state index is 13.7. The summed E-state index contributed by atoms with van der Waals surface area (Å²) in [6.07, 6.45) is 0.193. The molecule has 1 heterocycles. The number of halogens is 2. The summed E-state index contributed by atoms with van der Waals surface area (Å²) in [5.74, 6) is 0.404. The second-order valence-corrected chi connectivity index (χ2v) is 6.57. The van der Waals surface area contributed by atoms with Crippen LogP contribution < -0.4 is 5.32 Å². The van der Waals surface area contributed by atoms with Crippen molar-refractivity contribution >= 4 is 29.9 Å². The van der Waals surface area contributed by atoms with Crippen LogP contribution in [0, 0.1) is 11.2 Å². The van der Waals surface area contributed by atoms with Crippen LogP contribution in [0.3, 0.4) is 0 Å². The van der Waals surface area contributed by atoms with Gasteiger partial charge in [0.15, 0.2) is 5.96 Å². The Labute approximate surface area is 155 Å². The largest absolute Gasteiger partial charge is 0.386 e. The van der Waals surface area contributed by atoms with Gasteiger partial charge < -0.3 is 15.3 Å². The Balaban J connectivity index is 0.00000264. The maximum absolute atomic E-state index is 13.7. The van der Waals surface area contributed by atoms with Crippen molar-refractivity contribution in [3.8, 4) is 0 Å². The summed E-state index contributed by atoms with van der Waals surface area (Å²) in [5, 5.41) is 13.4. The van der Waals surface area contributed by atoms with Crippen molar-refractivity contribution in [3.63, 3.8) is 0 Å². The van der Waals surface area contributed by atoms with Crippen molar-refractivity contribution in [1.82, 2.24) is 10.2 Å². The summed E-state index contributed by atoms with van der Waals surface area (Å²) in [7, 11) is 0. The van der Waals surface area contributed by atoms with Crippen LogP contribution in [0.1, 0.15) is 38.9 Å². The van der Waals surface area contributed by atoms with E-state index in [4.69, 9.17) is 0 Å². The number of nitrogens with one attached hydrogen (secondary N) is 1. The number of nitrogens with zero attached hydrogens (tertiary/aromatic N) is 2. The van der Waals surface area contributed by atoms with E-state index in [1.807, 2.05) is 6.92 Å². The standard InChI is InChI=1S/C17H26FN3O.HI/c1-4-19-16(21-10-9-17(2,3)12-21)20-11-15(22)13-7-5-6-8-14(13)18;/h5-8,15,22H,4,9-12H2,1-3H3,(H,19,20);1H. The SMILES string of the molecule is CCNC(=NCC(O)c1ccccc1F)N1CCC(C)(C)C1.I. The zero-order valence-electron chi connectivity index (χ0n) is 14.1. The first-order chi connectivity index (χ1) is 10.4. The molecule has 130 valence electrons. The fourth-order valence-electron chi connectivity index (χ4n) is 2.74. The number of hydrogen-bond donors (Lipinski definition) is 2. The summed E-state index contributed by atoms with van der Waals surface area (Å²) in [6, 6.07) is 6.29. The van der Waals surface area contributed by atoms with Crippen LogP contribution in [0.5, 0.6) is 0 Å². The Morgan fingerprint density at radius 1 is 1.43 bits per heavy atom. The third-order valence-corrected chi connectivity index (χ3v) is 3.99. The van der Waals surface area contributed by atoms with Crippen molar-refractivity contribution in [2.75, 3.05) is 26.2 Å². The molecule has 0 aliphatic carbocycles. The van der Waals surface area contributed by atoms with E-state index < -0.39 is 11.9 Å². The van der Waals surface area contributed by atoms with Crippen LogP contribution in [0.4, 0.5) is 4.39 Å². The van der Waals surface area contributed by atoms with Crippen LogP contribution in [-0.4, -0.2) is 42.1 Å². The number of benzene rings is 1. The summed E-state index contributed by atoms with van der Waals surface area (Å²) < 4.78 is 13.7. The lowest BCUT2D eigenvalue weighted by Gasteiger charge is -2.24. The molecule has 0 aromatic heterocycles. The molecule has 0 radical (unpaired) electrons. The van der Waals surface area contributed by atoms with Gasteiger partial charge in [-0.25, -0.2) is 4.39 Å². The highest BCUT2D eigenvalue weighted by Crippen LogP contribution is 2.28. The smallest absolute Gasteiger partial charge is 0.194 e. The van der Waals surface area contributed by atoms with Gasteiger partial charge in [0, 0.05) is 25.2 Å². The molecule has 1 aromatic carbocycles. The molecule has 1 aliphatic heterocycles. The molecule has 1 atom stereocenters. The second kappa shape index (κ2) is 8.82. The highest BCUT2D eigenvalue weighted by atomic mass is 127. The monoisotopic (exact) mass is 435 g/mol. The molecule has 1 aromatic rings.